The summed E-state index contributed by atoms with van der Waals surface area (Å²) >= 11 is 1.87. The largest absolute Gasteiger partial charge is 0.395 e. The zero-order valence-electron chi connectivity index (χ0n) is 8.18. The fourth-order valence-electron chi connectivity index (χ4n) is 1.08. The molecule has 0 spiro atoms. The van der Waals surface area contributed by atoms with Gasteiger partial charge in [-0.3, -0.25) is 0 Å². The highest BCUT2D eigenvalue weighted by Crippen LogP contribution is 2.02. The first-order valence-electron chi connectivity index (χ1n) is 4.68. The summed E-state index contributed by atoms with van der Waals surface area (Å²) in [5.74, 6) is 1.20. The van der Waals surface area contributed by atoms with Crippen LogP contribution in [0.1, 0.15) is 26.2 Å². The first kappa shape index (κ1) is 12.3. The number of aliphatic hydroxyl groups is 1. The van der Waals surface area contributed by atoms with Crippen molar-refractivity contribution >= 4 is 11.8 Å². The smallest absolute Gasteiger partial charge is 0.0584 e. The third-order valence-corrected chi connectivity index (χ3v) is 2.50. The molecule has 0 aliphatic rings. The molecule has 3 heteroatoms. The molecular formula is C9H21NOS. The van der Waals surface area contributed by atoms with Gasteiger partial charge in [0, 0.05) is 6.04 Å². The number of hydrogen-bond donors (Lipinski definition) is 2. The van der Waals surface area contributed by atoms with Crippen LogP contribution in [0.5, 0.6) is 0 Å². The molecule has 0 saturated carbocycles. The summed E-state index contributed by atoms with van der Waals surface area (Å²) in [4.78, 5) is 0. The maximum absolute atomic E-state index is 8.98. The topological polar surface area (TPSA) is 32.3 Å². The van der Waals surface area contributed by atoms with Crippen molar-refractivity contribution in [1.82, 2.24) is 5.32 Å². The molecule has 0 rings (SSSR count). The van der Waals surface area contributed by atoms with Crippen LogP contribution in [0.25, 0.3) is 0 Å². The summed E-state index contributed by atoms with van der Waals surface area (Å²) < 4.78 is 0. The molecule has 2 nitrogen and oxygen atoms in total. The molecule has 1 unspecified atom stereocenters. The van der Waals surface area contributed by atoms with Gasteiger partial charge in [0.1, 0.15) is 0 Å². The van der Waals surface area contributed by atoms with Gasteiger partial charge in [0.25, 0.3) is 0 Å². The molecule has 0 fully saturated rings. The zero-order chi connectivity index (χ0) is 9.23. The second-order valence-corrected chi connectivity index (χ2v) is 3.95. The molecule has 0 radical (unpaired) electrons. The maximum atomic E-state index is 8.98. The normalized spacial score (nSPS) is 13.2. The van der Waals surface area contributed by atoms with Crippen LogP contribution in [-0.2, 0) is 0 Å². The molecule has 12 heavy (non-hydrogen) atoms. The van der Waals surface area contributed by atoms with Crippen molar-refractivity contribution < 1.29 is 5.11 Å². The van der Waals surface area contributed by atoms with Crippen molar-refractivity contribution in [2.24, 2.45) is 0 Å². The summed E-state index contributed by atoms with van der Waals surface area (Å²) in [6, 6.07) is 0.317. The molecule has 0 bridgehead atoms. The van der Waals surface area contributed by atoms with E-state index in [9.17, 15) is 0 Å². The molecule has 0 aliphatic heterocycles. The van der Waals surface area contributed by atoms with Crippen LogP contribution >= 0.6 is 11.8 Å². The predicted octanol–water partition coefficient (Wildman–Crippen LogP) is 1.49. The van der Waals surface area contributed by atoms with E-state index in [-0.39, 0.29) is 6.61 Å². The summed E-state index contributed by atoms with van der Waals surface area (Å²) in [5, 5.41) is 12.3. The van der Waals surface area contributed by atoms with E-state index in [0.29, 0.717) is 6.04 Å². The number of aliphatic hydroxyl groups excluding tert-OH is 1. The summed E-state index contributed by atoms with van der Waals surface area (Å²) in [6.07, 6.45) is 5.55. The van der Waals surface area contributed by atoms with E-state index in [4.69, 9.17) is 5.11 Å². The standard InChI is InChI=1S/C9H21NOS/c1-3-6-10-9(8-11)5-4-7-12-2/h9-11H,3-8H2,1-2H3. The minimum atomic E-state index is 0.272. The Hall–Kier alpha value is 0.270. The number of nitrogens with one attached hydrogen (secondary N) is 1. The molecule has 0 aromatic rings. The van der Waals surface area contributed by atoms with Crippen LogP contribution in [-0.4, -0.2) is 36.3 Å². The highest BCUT2D eigenvalue weighted by Gasteiger charge is 2.04. The third-order valence-electron chi connectivity index (χ3n) is 1.80. The molecule has 2 N–H and O–H groups in total. The zero-order valence-corrected chi connectivity index (χ0v) is 8.99. The van der Waals surface area contributed by atoms with Crippen LogP contribution in [0.2, 0.25) is 0 Å². The van der Waals surface area contributed by atoms with Crippen molar-refractivity contribution in [3.63, 3.8) is 0 Å². The Bertz CT molecular complexity index is 90.6. The molecule has 74 valence electrons. The molecular weight excluding hydrogens is 170 g/mol. The van der Waals surface area contributed by atoms with Gasteiger partial charge >= 0.3 is 0 Å². The quantitative estimate of drug-likeness (QED) is 0.570. The van der Waals surface area contributed by atoms with E-state index in [1.165, 1.54) is 12.2 Å². The van der Waals surface area contributed by atoms with Crippen LogP contribution in [0.3, 0.4) is 0 Å². The van der Waals surface area contributed by atoms with Gasteiger partial charge in [-0.2, -0.15) is 11.8 Å². The van der Waals surface area contributed by atoms with E-state index < -0.39 is 0 Å². The van der Waals surface area contributed by atoms with Crippen LogP contribution in [0.15, 0.2) is 0 Å². The molecule has 0 heterocycles. The number of hydrogen-bond acceptors (Lipinski definition) is 3. The number of rotatable bonds is 8. The van der Waals surface area contributed by atoms with E-state index in [2.05, 4.69) is 18.5 Å². The van der Waals surface area contributed by atoms with Gasteiger partial charge in [0.15, 0.2) is 0 Å². The fraction of sp³-hybridized carbons (Fsp3) is 1.00. The van der Waals surface area contributed by atoms with Gasteiger partial charge in [0.05, 0.1) is 6.61 Å². The minimum Gasteiger partial charge on any atom is -0.395 e. The first-order chi connectivity index (χ1) is 5.85. The lowest BCUT2D eigenvalue weighted by molar-refractivity contribution is 0.235. The van der Waals surface area contributed by atoms with Crippen molar-refractivity contribution in [3.05, 3.63) is 0 Å². The fourth-order valence-corrected chi connectivity index (χ4v) is 1.54. The number of thioether (sulfide) groups is 1. The van der Waals surface area contributed by atoms with Gasteiger partial charge in [-0.15, -0.1) is 0 Å². The summed E-state index contributed by atoms with van der Waals surface area (Å²) in [6.45, 7) is 3.43. The van der Waals surface area contributed by atoms with Crippen molar-refractivity contribution in [3.8, 4) is 0 Å². The Kier molecular flexibility index (Phi) is 9.57. The Morgan fingerprint density at radius 3 is 2.75 bits per heavy atom. The Morgan fingerprint density at radius 1 is 1.50 bits per heavy atom. The monoisotopic (exact) mass is 191 g/mol. The highest BCUT2D eigenvalue weighted by molar-refractivity contribution is 7.98. The van der Waals surface area contributed by atoms with Crippen molar-refractivity contribution in [2.75, 3.05) is 25.2 Å². The lowest BCUT2D eigenvalue weighted by Crippen LogP contribution is -2.33. The average molecular weight is 191 g/mol. The summed E-state index contributed by atoms with van der Waals surface area (Å²) in [5.41, 5.74) is 0. The third kappa shape index (κ3) is 6.95. The van der Waals surface area contributed by atoms with E-state index in [0.717, 1.165) is 19.4 Å². The molecule has 0 aliphatic carbocycles. The Balaban J connectivity index is 3.26. The van der Waals surface area contributed by atoms with E-state index >= 15 is 0 Å². The van der Waals surface area contributed by atoms with Crippen LogP contribution < -0.4 is 5.32 Å². The van der Waals surface area contributed by atoms with E-state index in [1.54, 1.807) is 0 Å². The van der Waals surface area contributed by atoms with Gasteiger partial charge in [-0.1, -0.05) is 6.92 Å². The Morgan fingerprint density at radius 2 is 2.25 bits per heavy atom. The Labute approximate surface area is 80.1 Å². The van der Waals surface area contributed by atoms with Gasteiger partial charge in [0.2, 0.25) is 0 Å². The average Bonchev–Trinajstić information content (AvgIpc) is 2.11. The summed E-state index contributed by atoms with van der Waals surface area (Å²) in [7, 11) is 0. The molecule has 0 aromatic heterocycles. The molecule has 1 atom stereocenters. The second kappa shape index (κ2) is 9.36. The van der Waals surface area contributed by atoms with Crippen molar-refractivity contribution in [2.45, 2.75) is 32.2 Å². The maximum Gasteiger partial charge on any atom is 0.0584 e. The van der Waals surface area contributed by atoms with Gasteiger partial charge in [-0.25, -0.2) is 0 Å². The second-order valence-electron chi connectivity index (χ2n) is 2.97. The lowest BCUT2D eigenvalue weighted by atomic mass is 10.2. The van der Waals surface area contributed by atoms with Gasteiger partial charge in [-0.05, 0) is 37.8 Å². The SMILES string of the molecule is CCCNC(CO)CCCSC. The lowest BCUT2D eigenvalue weighted by Gasteiger charge is -2.14. The molecule has 0 saturated heterocycles. The van der Waals surface area contributed by atoms with Crippen LogP contribution in [0, 0.1) is 0 Å². The van der Waals surface area contributed by atoms with Crippen molar-refractivity contribution in [1.29, 1.82) is 0 Å². The molecule has 0 aromatic carbocycles. The first-order valence-corrected chi connectivity index (χ1v) is 6.07. The van der Waals surface area contributed by atoms with Gasteiger partial charge < -0.3 is 10.4 Å². The van der Waals surface area contributed by atoms with Crippen LogP contribution in [0.4, 0.5) is 0 Å². The predicted molar refractivity (Wildman–Crippen MR) is 56.8 cm³/mol. The minimum absolute atomic E-state index is 0.272. The molecule has 0 amide bonds. The van der Waals surface area contributed by atoms with E-state index in [1.807, 2.05) is 11.8 Å². The highest BCUT2D eigenvalue weighted by atomic mass is 32.2.